The summed E-state index contributed by atoms with van der Waals surface area (Å²) >= 11 is 0. The topological polar surface area (TPSA) is 60.3 Å². The van der Waals surface area contributed by atoms with Crippen molar-refractivity contribution in [2.24, 2.45) is 7.05 Å². The molecule has 0 atom stereocenters. The van der Waals surface area contributed by atoms with E-state index in [1.165, 1.54) is 13.2 Å². The molecule has 0 radical (unpaired) electrons. The van der Waals surface area contributed by atoms with Crippen molar-refractivity contribution in [3.63, 3.8) is 0 Å². The fraction of sp³-hybridized carbons (Fsp3) is 0.200. The Balaban J connectivity index is 2.10. The van der Waals surface area contributed by atoms with Crippen LogP contribution in [-0.4, -0.2) is 30.1 Å². The van der Waals surface area contributed by atoms with Crippen molar-refractivity contribution < 1.29 is 14.3 Å². The summed E-state index contributed by atoms with van der Waals surface area (Å²) in [6, 6.07) is 7.55. The quantitative estimate of drug-likeness (QED) is 0.680. The minimum absolute atomic E-state index is 0.174. The normalized spacial score (nSPS) is 10.9. The summed E-state index contributed by atoms with van der Waals surface area (Å²) in [6.45, 7) is 0.273. The Morgan fingerprint density at radius 1 is 1.35 bits per heavy atom. The molecule has 0 saturated heterocycles. The number of methoxy groups -OCH3 is 1. The minimum Gasteiger partial charge on any atom is -0.466 e. The van der Waals surface area contributed by atoms with Crippen LogP contribution < -0.4 is 5.32 Å². The summed E-state index contributed by atoms with van der Waals surface area (Å²) in [5, 5.41) is 3.76. The number of para-hydroxylation sites is 1. The first-order valence-corrected chi connectivity index (χ1v) is 6.20. The van der Waals surface area contributed by atoms with Crippen LogP contribution in [0, 0.1) is 0 Å². The fourth-order valence-corrected chi connectivity index (χ4v) is 2.01. The lowest BCUT2D eigenvalue weighted by molar-refractivity contribution is -0.134. The van der Waals surface area contributed by atoms with Gasteiger partial charge in [0, 0.05) is 31.3 Å². The maximum atomic E-state index is 12.1. The molecule has 0 aliphatic carbocycles. The number of benzene rings is 1. The Hall–Kier alpha value is -2.56. The van der Waals surface area contributed by atoms with Gasteiger partial charge in [-0.25, -0.2) is 4.79 Å². The lowest BCUT2D eigenvalue weighted by atomic mass is 10.1. The molecule has 0 unspecified atom stereocenters. The van der Waals surface area contributed by atoms with Gasteiger partial charge in [-0.1, -0.05) is 18.2 Å². The van der Waals surface area contributed by atoms with Crippen molar-refractivity contribution >= 4 is 22.8 Å². The van der Waals surface area contributed by atoms with Crippen LogP contribution in [0.4, 0.5) is 0 Å². The van der Waals surface area contributed by atoms with E-state index in [0.717, 1.165) is 10.9 Å². The first-order chi connectivity index (χ1) is 9.63. The number of rotatable bonds is 4. The summed E-state index contributed by atoms with van der Waals surface area (Å²) in [5.41, 5.74) is 1.50. The molecule has 104 valence electrons. The Kier molecular flexibility index (Phi) is 4.20. The Morgan fingerprint density at radius 2 is 2.15 bits per heavy atom. The third-order valence-electron chi connectivity index (χ3n) is 2.98. The zero-order valence-corrected chi connectivity index (χ0v) is 11.4. The molecule has 1 aromatic carbocycles. The van der Waals surface area contributed by atoms with Crippen molar-refractivity contribution in [2.45, 2.75) is 0 Å². The number of amides is 1. The van der Waals surface area contributed by atoms with E-state index in [1.807, 2.05) is 36.0 Å². The van der Waals surface area contributed by atoms with E-state index in [1.54, 1.807) is 12.1 Å². The van der Waals surface area contributed by atoms with E-state index in [4.69, 9.17) is 0 Å². The number of ether oxygens (including phenoxy) is 1. The van der Waals surface area contributed by atoms with Gasteiger partial charge in [0.1, 0.15) is 0 Å². The number of esters is 1. The Labute approximate surface area is 116 Å². The van der Waals surface area contributed by atoms with Gasteiger partial charge in [-0.3, -0.25) is 4.79 Å². The lowest BCUT2D eigenvalue weighted by Gasteiger charge is -2.06. The van der Waals surface area contributed by atoms with Gasteiger partial charge in [0.2, 0.25) is 0 Å². The highest BCUT2D eigenvalue weighted by Crippen LogP contribution is 2.19. The summed E-state index contributed by atoms with van der Waals surface area (Å²) in [6.07, 6.45) is 4.75. The molecule has 0 saturated carbocycles. The van der Waals surface area contributed by atoms with Crippen LogP contribution >= 0.6 is 0 Å². The number of carbonyl (C=O) groups is 2. The maximum Gasteiger partial charge on any atom is 0.330 e. The monoisotopic (exact) mass is 272 g/mol. The predicted molar refractivity (Wildman–Crippen MR) is 76.4 cm³/mol. The van der Waals surface area contributed by atoms with Gasteiger partial charge in [-0.15, -0.1) is 0 Å². The van der Waals surface area contributed by atoms with E-state index in [2.05, 4.69) is 10.1 Å². The van der Waals surface area contributed by atoms with Crippen molar-refractivity contribution in [3.05, 3.63) is 48.2 Å². The lowest BCUT2D eigenvalue weighted by Crippen LogP contribution is -2.24. The largest absolute Gasteiger partial charge is 0.466 e. The number of hydrogen-bond donors (Lipinski definition) is 1. The molecule has 1 N–H and O–H groups in total. The molecule has 0 bridgehead atoms. The Morgan fingerprint density at radius 3 is 2.90 bits per heavy atom. The van der Waals surface area contributed by atoms with Gasteiger partial charge in [0.15, 0.2) is 0 Å². The molecule has 2 aromatic rings. The second-order valence-corrected chi connectivity index (χ2v) is 4.31. The summed E-state index contributed by atoms with van der Waals surface area (Å²) in [7, 11) is 3.21. The Bertz CT molecular complexity index is 671. The second-order valence-electron chi connectivity index (χ2n) is 4.31. The number of hydrogen-bond acceptors (Lipinski definition) is 3. The molecule has 1 amide bonds. The van der Waals surface area contributed by atoms with Crippen LogP contribution in [0.3, 0.4) is 0 Å². The van der Waals surface area contributed by atoms with E-state index < -0.39 is 5.97 Å². The highest BCUT2D eigenvalue weighted by Gasteiger charge is 2.11. The fourth-order valence-electron chi connectivity index (χ4n) is 2.01. The SMILES string of the molecule is COC(=O)/C=C/CNC(=O)c1cccc2ccn(C)c12. The van der Waals surface area contributed by atoms with Gasteiger partial charge in [0.25, 0.3) is 5.91 Å². The molecule has 0 aliphatic heterocycles. The summed E-state index contributed by atoms with van der Waals surface area (Å²) < 4.78 is 6.37. The number of carbonyl (C=O) groups excluding carboxylic acids is 2. The molecule has 20 heavy (non-hydrogen) atoms. The first kappa shape index (κ1) is 13.9. The van der Waals surface area contributed by atoms with Gasteiger partial charge in [0.05, 0.1) is 18.2 Å². The molecular formula is C15H16N2O3. The average molecular weight is 272 g/mol. The van der Waals surface area contributed by atoms with Crippen molar-refractivity contribution in [1.29, 1.82) is 0 Å². The first-order valence-electron chi connectivity index (χ1n) is 6.20. The molecule has 0 aliphatic rings. The number of nitrogens with zero attached hydrogens (tertiary/aromatic N) is 1. The van der Waals surface area contributed by atoms with Crippen LogP contribution in [0.2, 0.25) is 0 Å². The number of nitrogens with one attached hydrogen (secondary N) is 1. The van der Waals surface area contributed by atoms with E-state index in [9.17, 15) is 9.59 Å². The number of aromatic nitrogens is 1. The van der Waals surface area contributed by atoms with E-state index in [-0.39, 0.29) is 12.5 Å². The summed E-state index contributed by atoms with van der Waals surface area (Å²) in [4.78, 5) is 23.0. The zero-order valence-electron chi connectivity index (χ0n) is 11.4. The van der Waals surface area contributed by atoms with Gasteiger partial charge in [-0.2, -0.15) is 0 Å². The standard InChI is InChI=1S/C15H16N2O3/c1-17-10-8-11-5-3-6-12(14(11)17)15(19)16-9-4-7-13(18)20-2/h3-8,10H,9H2,1-2H3,(H,16,19)/b7-4+. The molecule has 5 nitrogen and oxygen atoms in total. The van der Waals surface area contributed by atoms with Crippen LogP contribution in [0.25, 0.3) is 10.9 Å². The molecule has 1 aromatic heterocycles. The zero-order chi connectivity index (χ0) is 14.5. The van der Waals surface area contributed by atoms with E-state index >= 15 is 0 Å². The van der Waals surface area contributed by atoms with Gasteiger partial charge >= 0.3 is 5.97 Å². The number of fused-ring (bicyclic) bond motifs is 1. The molecule has 0 spiro atoms. The van der Waals surface area contributed by atoms with E-state index in [0.29, 0.717) is 5.56 Å². The molecular weight excluding hydrogens is 256 g/mol. The average Bonchev–Trinajstić information content (AvgIpc) is 2.84. The second kappa shape index (κ2) is 6.06. The molecule has 5 heteroatoms. The van der Waals surface area contributed by atoms with Crippen molar-refractivity contribution in [1.82, 2.24) is 9.88 Å². The van der Waals surface area contributed by atoms with Crippen LogP contribution in [0.5, 0.6) is 0 Å². The van der Waals surface area contributed by atoms with Crippen LogP contribution in [0.1, 0.15) is 10.4 Å². The third kappa shape index (κ3) is 2.88. The molecule has 0 fully saturated rings. The highest BCUT2D eigenvalue weighted by molar-refractivity contribution is 6.06. The molecule has 1 heterocycles. The molecule has 2 rings (SSSR count). The van der Waals surface area contributed by atoms with Gasteiger partial charge in [-0.05, 0) is 12.1 Å². The predicted octanol–water partition coefficient (Wildman–Crippen LogP) is 1.64. The van der Waals surface area contributed by atoms with Crippen molar-refractivity contribution in [2.75, 3.05) is 13.7 Å². The smallest absolute Gasteiger partial charge is 0.330 e. The van der Waals surface area contributed by atoms with Crippen LogP contribution in [-0.2, 0) is 16.6 Å². The number of aryl methyl sites for hydroxylation is 1. The maximum absolute atomic E-state index is 12.1. The van der Waals surface area contributed by atoms with Crippen LogP contribution in [0.15, 0.2) is 42.6 Å². The van der Waals surface area contributed by atoms with Crippen molar-refractivity contribution in [3.8, 4) is 0 Å². The highest BCUT2D eigenvalue weighted by atomic mass is 16.5. The minimum atomic E-state index is -0.441. The van der Waals surface area contributed by atoms with Gasteiger partial charge < -0.3 is 14.6 Å². The third-order valence-corrected chi connectivity index (χ3v) is 2.98. The summed E-state index contributed by atoms with van der Waals surface area (Å²) in [5.74, 6) is -0.615.